The molecule has 0 aliphatic carbocycles. The summed E-state index contributed by atoms with van der Waals surface area (Å²) in [5, 5.41) is -0.437. The maximum absolute atomic E-state index is 12.9. The fourth-order valence-electron chi connectivity index (χ4n) is 5.53. The number of rotatable bonds is 7. The van der Waals surface area contributed by atoms with E-state index in [-0.39, 0.29) is 44.0 Å². The van der Waals surface area contributed by atoms with Crippen molar-refractivity contribution < 1.29 is 48.4 Å². The summed E-state index contributed by atoms with van der Waals surface area (Å²) in [6, 6.07) is 6.61. The van der Waals surface area contributed by atoms with Gasteiger partial charge in [-0.3, -0.25) is 18.5 Å². The molecule has 1 fully saturated rings. The van der Waals surface area contributed by atoms with Crippen molar-refractivity contribution >= 4 is 77.8 Å². The molecule has 4 aromatic carbocycles. The molecule has 0 radical (unpaired) electrons. The number of hydrogen-bond donors (Lipinski definition) is 3. The molecule has 0 bridgehead atoms. The molecule has 5 rings (SSSR count). The van der Waals surface area contributed by atoms with Gasteiger partial charge in [0.15, 0.2) is 6.61 Å². The van der Waals surface area contributed by atoms with Crippen molar-refractivity contribution in [1.82, 2.24) is 4.90 Å². The van der Waals surface area contributed by atoms with Crippen LogP contribution in [0.4, 0.5) is 0 Å². The summed E-state index contributed by atoms with van der Waals surface area (Å²) in [7, 11) is -12.2. The lowest BCUT2D eigenvalue weighted by molar-refractivity contribution is -0.134. The molecule has 41 heavy (non-hydrogen) atoms. The molecule has 1 saturated heterocycles. The monoisotopic (exact) mass is 643 g/mol. The summed E-state index contributed by atoms with van der Waals surface area (Å²) in [4.78, 5) is 12.3. The van der Waals surface area contributed by atoms with Crippen molar-refractivity contribution in [3.8, 4) is 5.75 Å². The number of piperidine rings is 1. The van der Waals surface area contributed by atoms with E-state index >= 15 is 0 Å². The van der Waals surface area contributed by atoms with E-state index in [9.17, 15) is 43.7 Å². The lowest BCUT2D eigenvalue weighted by Crippen LogP contribution is -2.42. The molecule has 1 heterocycles. The molecule has 16 heteroatoms. The number of hydrogen-bond acceptors (Lipinski definition) is 8. The second-order valence-electron chi connectivity index (χ2n) is 10.1. The predicted octanol–water partition coefficient (Wildman–Crippen LogP) is 3.21. The van der Waals surface area contributed by atoms with Gasteiger partial charge in [0.1, 0.15) is 20.4 Å². The molecule has 0 aromatic heterocycles. The summed E-state index contributed by atoms with van der Waals surface area (Å²) < 4.78 is 109. The van der Waals surface area contributed by atoms with E-state index in [0.29, 0.717) is 30.7 Å². The van der Waals surface area contributed by atoms with Crippen LogP contribution in [-0.2, 0) is 35.1 Å². The third-order valence-corrected chi connectivity index (χ3v) is 10.8. The van der Waals surface area contributed by atoms with Gasteiger partial charge in [0.25, 0.3) is 36.3 Å². The Morgan fingerprint density at radius 3 is 1.68 bits per heavy atom. The smallest absolute Gasteiger partial charge is 0.295 e. The molecular formula is C25H26NO11PS3. The van der Waals surface area contributed by atoms with Gasteiger partial charge in [0, 0.05) is 51.5 Å². The van der Waals surface area contributed by atoms with Gasteiger partial charge < -0.3 is 9.64 Å². The Balaban J connectivity index is 1.71. The zero-order valence-corrected chi connectivity index (χ0v) is 25.1. The lowest BCUT2D eigenvalue weighted by atomic mass is 9.93. The SMILES string of the molecule is CC(P)C1CCN(C(=O)COc2cc(S(=O)(=O)O)c3ccc4c(S(=O)(=O)O)cc(S(=O)(=O)O)c5ccc2c3c54)CC1. The third kappa shape index (κ3) is 5.47. The Bertz CT molecular complexity index is 1980. The molecule has 1 amide bonds. The summed E-state index contributed by atoms with van der Waals surface area (Å²) in [6.07, 6.45) is 1.63. The van der Waals surface area contributed by atoms with Gasteiger partial charge >= 0.3 is 0 Å². The highest BCUT2D eigenvalue weighted by atomic mass is 32.2. The number of likely N-dealkylation sites (tertiary alicyclic amines) is 1. The van der Waals surface area contributed by atoms with Gasteiger partial charge in [-0.1, -0.05) is 25.1 Å². The second-order valence-corrected chi connectivity index (χ2v) is 15.3. The molecular weight excluding hydrogens is 617 g/mol. The van der Waals surface area contributed by atoms with Crippen LogP contribution in [0.1, 0.15) is 19.8 Å². The Morgan fingerprint density at radius 2 is 1.24 bits per heavy atom. The van der Waals surface area contributed by atoms with Crippen LogP contribution < -0.4 is 4.74 Å². The molecule has 2 unspecified atom stereocenters. The van der Waals surface area contributed by atoms with Crippen LogP contribution in [0.5, 0.6) is 5.75 Å². The molecule has 1 aliphatic rings. The van der Waals surface area contributed by atoms with Gasteiger partial charge in [-0.05, 0) is 36.6 Å². The number of nitrogens with zero attached hydrogens (tertiary/aromatic N) is 1. The largest absolute Gasteiger partial charge is 0.483 e. The Morgan fingerprint density at radius 1 is 0.829 bits per heavy atom. The van der Waals surface area contributed by atoms with Gasteiger partial charge in [-0.25, -0.2) is 0 Å². The van der Waals surface area contributed by atoms with Crippen molar-refractivity contribution in [2.75, 3.05) is 19.7 Å². The van der Waals surface area contributed by atoms with Crippen molar-refractivity contribution in [3.63, 3.8) is 0 Å². The summed E-state index contributed by atoms with van der Waals surface area (Å²) in [5.74, 6) is -0.0339. The highest BCUT2D eigenvalue weighted by Gasteiger charge is 2.29. The zero-order chi connectivity index (χ0) is 30.1. The topological polar surface area (TPSA) is 193 Å². The molecule has 220 valence electrons. The minimum absolute atomic E-state index is 0.0248. The van der Waals surface area contributed by atoms with Gasteiger partial charge in [0.05, 0.1) is 0 Å². The van der Waals surface area contributed by atoms with Crippen molar-refractivity contribution in [2.24, 2.45) is 5.92 Å². The van der Waals surface area contributed by atoms with Gasteiger partial charge in [0.2, 0.25) is 0 Å². The number of carbonyl (C=O) groups excluding carboxylic acids is 1. The van der Waals surface area contributed by atoms with Gasteiger partial charge in [-0.15, -0.1) is 9.24 Å². The van der Waals surface area contributed by atoms with E-state index in [1.54, 1.807) is 4.90 Å². The molecule has 3 N–H and O–H groups in total. The predicted molar refractivity (Wildman–Crippen MR) is 154 cm³/mol. The molecule has 0 saturated carbocycles. The molecule has 12 nitrogen and oxygen atoms in total. The first kappa shape index (κ1) is 29.8. The highest BCUT2D eigenvalue weighted by molar-refractivity contribution is 7.87. The van der Waals surface area contributed by atoms with Crippen molar-refractivity contribution in [2.45, 2.75) is 40.1 Å². The fourth-order valence-corrected chi connectivity index (χ4v) is 8.12. The van der Waals surface area contributed by atoms with Crippen LogP contribution in [0.15, 0.2) is 51.1 Å². The van der Waals surface area contributed by atoms with E-state index in [1.165, 1.54) is 18.2 Å². The Labute approximate surface area is 238 Å². The van der Waals surface area contributed by atoms with Crippen molar-refractivity contribution in [1.29, 1.82) is 0 Å². The average molecular weight is 644 g/mol. The third-order valence-electron chi connectivity index (χ3n) is 7.57. The first-order valence-corrected chi connectivity index (χ1v) is 17.3. The minimum atomic E-state index is -5.03. The number of amides is 1. The first-order valence-electron chi connectivity index (χ1n) is 12.4. The van der Waals surface area contributed by atoms with Crippen LogP contribution in [0.2, 0.25) is 0 Å². The standard InChI is InChI=1S/C25H26NO11PS3/c1-13(38)14-6-8-26(9-7-14)23(27)12-37-19-10-20(39(28,29)30)16-4-5-18-22(41(34,35)36)11-21(40(31,32)33)17-3-2-15(19)24(16)25(17)18/h2-5,10-11,13-14H,6-9,12,38H2,1H3,(H,28,29,30)(H,31,32,33)(H,34,35,36). The quantitative estimate of drug-likeness (QED) is 0.152. The molecule has 2 atom stereocenters. The summed E-state index contributed by atoms with van der Waals surface area (Å²) >= 11 is 0. The van der Waals surface area contributed by atoms with Crippen LogP contribution >= 0.6 is 9.24 Å². The Kier molecular flexibility index (Phi) is 7.47. The normalized spacial score (nSPS) is 16.6. The lowest BCUT2D eigenvalue weighted by Gasteiger charge is -2.33. The minimum Gasteiger partial charge on any atom is -0.483 e. The van der Waals surface area contributed by atoms with E-state index < -0.39 is 51.6 Å². The number of benzene rings is 4. The van der Waals surface area contributed by atoms with Crippen molar-refractivity contribution in [3.05, 3.63) is 36.4 Å². The zero-order valence-electron chi connectivity index (χ0n) is 21.5. The first-order chi connectivity index (χ1) is 19.0. The summed E-state index contributed by atoms with van der Waals surface area (Å²) in [6.45, 7) is 2.67. The van der Waals surface area contributed by atoms with Crippen LogP contribution in [0, 0.1) is 5.92 Å². The maximum atomic E-state index is 12.9. The molecule has 4 aromatic rings. The van der Waals surface area contributed by atoms with Crippen LogP contribution in [0.3, 0.4) is 0 Å². The summed E-state index contributed by atoms with van der Waals surface area (Å²) in [5.41, 5.74) is 0.405. The van der Waals surface area contributed by atoms with E-state index in [2.05, 4.69) is 16.2 Å². The Hall–Kier alpha value is -2.65. The molecule has 0 spiro atoms. The van der Waals surface area contributed by atoms with E-state index in [4.69, 9.17) is 4.74 Å². The highest BCUT2D eigenvalue weighted by Crippen LogP contribution is 2.45. The van der Waals surface area contributed by atoms with Crippen LogP contribution in [-0.4, -0.2) is 75.1 Å². The average Bonchev–Trinajstić information content (AvgIpc) is 2.88. The molecule has 1 aliphatic heterocycles. The van der Waals surface area contributed by atoms with Gasteiger partial charge in [-0.2, -0.15) is 25.3 Å². The van der Waals surface area contributed by atoms with E-state index in [1.807, 2.05) is 0 Å². The maximum Gasteiger partial charge on any atom is 0.295 e. The number of carbonyl (C=O) groups is 1. The fraction of sp³-hybridized carbons (Fsp3) is 0.320. The second kappa shape index (κ2) is 10.3. The number of ether oxygens (including phenoxy) is 1. The van der Waals surface area contributed by atoms with E-state index in [0.717, 1.165) is 25.0 Å². The van der Waals surface area contributed by atoms with Crippen LogP contribution in [0.25, 0.3) is 32.3 Å².